The summed E-state index contributed by atoms with van der Waals surface area (Å²) in [6, 6.07) is 7.64. The van der Waals surface area contributed by atoms with E-state index in [9.17, 15) is 9.18 Å². The van der Waals surface area contributed by atoms with Crippen LogP contribution in [0.3, 0.4) is 0 Å². The molecule has 24 heavy (non-hydrogen) atoms. The number of hydrogen-bond acceptors (Lipinski definition) is 2. The third-order valence-electron chi connectivity index (χ3n) is 4.23. The number of likely N-dealkylation sites (tertiary alicyclic amines) is 1. The number of rotatable bonds is 1. The van der Waals surface area contributed by atoms with Gasteiger partial charge in [-0.05, 0) is 45.4 Å². The maximum absolute atomic E-state index is 14.8. The molecule has 0 saturated carbocycles. The number of carbonyl (C=O) groups excluding carboxylic acids is 1. The summed E-state index contributed by atoms with van der Waals surface area (Å²) in [6.07, 6.45) is 0.927. The highest BCUT2D eigenvalue weighted by Gasteiger charge is 2.34. The van der Waals surface area contributed by atoms with Crippen LogP contribution in [0.1, 0.15) is 33.2 Å². The van der Waals surface area contributed by atoms with Crippen molar-refractivity contribution in [3.8, 4) is 0 Å². The molecule has 1 aliphatic heterocycles. The summed E-state index contributed by atoms with van der Waals surface area (Å²) in [6.45, 7) is 6.00. The molecule has 0 spiro atoms. The first kappa shape index (κ1) is 17.3. The number of aromatic nitrogens is 1. The van der Waals surface area contributed by atoms with E-state index in [-0.39, 0.29) is 12.6 Å². The van der Waals surface area contributed by atoms with Gasteiger partial charge in [0.15, 0.2) is 0 Å². The molecule has 0 bridgehead atoms. The molecule has 0 unspecified atom stereocenters. The molecule has 1 amide bonds. The minimum absolute atomic E-state index is 0.0628. The van der Waals surface area contributed by atoms with Crippen LogP contribution in [0.25, 0.3) is 10.9 Å². The Morgan fingerprint density at radius 1 is 1.33 bits per heavy atom. The molecular weight excluding hydrogens is 375 g/mol. The summed E-state index contributed by atoms with van der Waals surface area (Å²) in [7, 11) is 0. The number of amides is 1. The number of nitrogens with zero attached hydrogens (tertiary/aromatic N) is 2. The van der Waals surface area contributed by atoms with E-state index in [0.717, 1.165) is 15.4 Å². The highest BCUT2D eigenvalue weighted by Crippen LogP contribution is 2.32. The van der Waals surface area contributed by atoms with E-state index in [1.54, 1.807) is 0 Å². The summed E-state index contributed by atoms with van der Waals surface area (Å²) in [5.41, 5.74) is 0.436. The molecule has 0 radical (unpaired) electrons. The van der Waals surface area contributed by atoms with E-state index in [1.807, 2.05) is 55.8 Å². The predicted molar refractivity (Wildman–Crippen MR) is 96.0 cm³/mol. The lowest BCUT2D eigenvalue weighted by molar-refractivity contribution is 0.00708. The molecule has 1 aliphatic rings. The van der Waals surface area contributed by atoms with Crippen LogP contribution in [-0.4, -0.2) is 40.4 Å². The number of ether oxygens (including phenoxy) is 1. The van der Waals surface area contributed by atoms with E-state index in [1.165, 1.54) is 4.90 Å². The Balaban J connectivity index is 1.76. The van der Waals surface area contributed by atoms with Gasteiger partial charge in [-0.3, -0.25) is 0 Å². The molecule has 2 aromatic rings. The van der Waals surface area contributed by atoms with Crippen LogP contribution in [0.2, 0.25) is 0 Å². The summed E-state index contributed by atoms with van der Waals surface area (Å²) in [5.74, 6) is 0. The van der Waals surface area contributed by atoms with Gasteiger partial charge in [-0.2, -0.15) is 0 Å². The van der Waals surface area contributed by atoms with E-state index in [2.05, 4.69) is 15.9 Å². The molecule has 1 aromatic carbocycles. The number of hydrogen-bond donors (Lipinski definition) is 0. The fourth-order valence-electron chi connectivity index (χ4n) is 3.14. The van der Waals surface area contributed by atoms with Crippen molar-refractivity contribution in [3.05, 3.63) is 34.9 Å². The number of alkyl halides is 1. The van der Waals surface area contributed by atoms with Crippen molar-refractivity contribution in [2.75, 3.05) is 13.1 Å². The quantitative estimate of drug-likeness (QED) is 0.684. The van der Waals surface area contributed by atoms with Crippen molar-refractivity contribution >= 4 is 32.9 Å². The van der Waals surface area contributed by atoms with Crippen molar-refractivity contribution in [2.45, 2.75) is 45.0 Å². The Labute approximate surface area is 149 Å². The highest BCUT2D eigenvalue weighted by atomic mass is 79.9. The monoisotopic (exact) mass is 396 g/mol. The van der Waals surface area contributed by atoms with E-state index in [4.69, 9.17) is 4.74 Å². The Kier molecular flexibility index (Phi) is 4.60. The second-order valence-electron chi connectivity index (χ2n) is 7.19. The first-order valence-corrected chi connectivity index (χ1v) is 8.92. The number of benzene rings is 1. The zero-order valence-electron chi connectivity index (χ0n) is 14.1. The standard InChI is InChI=1S/C18H22BrFN2O2/c1-18(2,3)24-17(23)21-9-8-16(14(20)11-21)22-10-7-12-13(19)5-4-6-15(12)22/h4-7,10,14,16H,8-9,11H2,1-3H3/t14-,16+/m1/s1. The molecule has 1 aromatic heterocycles. The summed E-state index contributed by atoms with van der Waals surface area (Å²) in [4.78, 5) is 13.6. The maximum atomic E-state index is 14.8. The SMILES string of the molecule is CC(C)(C)OC(=O)N1CC[C@H](n2ccc3c(Br)cccc32)[C@H](F)C1. The van der Waals surface area contributed by atoms with Crippen molar-refractivity contribution < 1.29 is 13.9 Å². The normalized spacial score (nSPS) is 22.0. The predicted octanol–water partition coefficient (Wildman–Crippen LogP) is 4.92. The Hall–Kier alpha value is -1.56. The van der Waals surface area contributed by atoms with Gasteiger partial charge < -0.3 is 14.2 Å². The molecule has 1 fully saturated rings. The molecule has 4 nitrogen and oxygen atoms in total. The van der Waals surface area contributed by atoms with E-state index < -0.39 is 17.9 Å². The van der Waals surface area contributed by atoms with E-state index >= 15 is 0 Å². The number of halogens is 2. The zero-order valence-corrected chi connectivity index (χ0v) is 15.7. The first-order valence-electron chi connectivity index (χ1n) is 8.13. The van der Waals surface area contributed by atoms with Crippen LogP contribution in [-0.2, 0) is 4.74 Å². The van der Waals surface area contributed by atoms with Gasteiger partial charge in [0.1, 0.15) is 11.8 Å². The van der Waals surface area contributed by atoms with Crippen molar-refractivity contribution in [1.82, 2.24) is 9.47 Å². The average Bonchev–Trinajstić information content (AvgIpc) is 2.90. The third-order valence-corrected chi connectivity index (χ3v) is 4.92. The molecule has 2 atom stereocenters. The van der Waals surface area contributed by atoms with Gasteiger partial charge in [-0.25, -0.2) is 9.18 Å². The second-order valence-corrected chi connectivity index (χ2v) is 8.05. The lowest BCUT2D eigenvalue weighted by atomic mass is 10.0. The smallest absolute Gasteiger partial charge is 0.410 e. The fourth-order valence-corrected chi connectivity index (χ4v) is 3.63. The topological polar surface area (TPSA) is 34.5 Å². The lowest BCUT2D eigenvalue weighted by Crippen LogP contribution is -2.47. The first-order chi connectivity index (χ1) is 11.3. The van der Waals surface area contributed by atoms with Gasteiger partial charge >= 0.3 is 6.09 Å². The zero-order chi connectivity index (χ0) is 17.5. The summed E-state index contributed by atoms with van der Waals surface area (Å²) in [5, 5.41) is 1.07. The lowest BCUT2D eigenvalue weighted by Gasteiger charge is -2.36. The van der Waals surface area contributed by atoms with Gasteiger partial charge in [0.25, 0.3) is 0 Å². The van der Waals surface area contributed by atoms with Crippen LogP contribution >= 0.6 is 15.9 Å². The molecule has 130 valence electrons. The molecule has 3 rings (SSSR count). The van der Waals surface area contributed by atoms with E-state index in [0.29, 0.717) is 13.0 Å². The third kappa shape index (κ3) is 3.43. The largest absolute Gasteiger partial charge is 0.444 e. The van der Waals surface area contributed by atoms with Crippen LogP contribution in [0.5, 0.6) is 0 Å². The van der Waals surface area contributed by atoms with Gasteiger partial charge in [0, 0.05) is 28.1 Å². The summed E-state index contributed by atoms with van der Waals surface area (Å²) < 4.78 is 23.1. The molecule has 6 heteroatoms. The number of fused-ring (bicyclic) bond motifs is 1. The molecule has 2 heterocycles. The Morgan fingerprint density at radius 2 is 2.08 bits per heavy atom. The summed E-state index contributed by atoms with van der Waals surface area (Å²) >= 11 is 3.53. The Morgan fingerprint density at radius 3 is 2.75 bits per heavy atom. The maximum Gasteiger partial charge on any atom is 0.410 e. The van der Waals surface area contributed by atoms with Crippen LogP contribution in [0, 0.1) is 0 Å². The Bertz CT molecular complexity index is 753. The van der Waals surface area contributed by atoms with Gasteiger partial charge in [0.05, 0.1) is 12.6 Å². The number of piperidine rings is 1. The average molecular weight is 397 g/mol. The number of carbonyl (C=O) groups is 1. The minimum Gasteiger partial charge on any atom is -0.444 e. The molecule has 1 saturated heterocycles. The molecule has 0 N–H and O–H groups in total. The molecule has 0 aliphatic carbocycles. The van der Waals surface area contributed by atoms with Gasteiger partial charge in [-0.15, -0.1) is 0 Å². The van der Waals surface area contributed by atoms with Crippen molar-refractivity contribution in [2.24, 2.45) is 0 Å². The molecular formula is C18H22BrFN2O2. The van der Waals surface area contributed by atoms with Crippen molar-refractivity contribution in [3.63, 3.8) is 0 Å². The van der Waals surface area contributed by atoms with Crippen LogP contribution in [0.4, 0.5) is 9.18 Å². The fraction of sp³-hybridized carbons (Fsp3) is 0.500. The van der Waals surface area contributed by atoms with Crippen LogP contribution in [0.15, 0.2) is 34.9 Å². The second kappa shape index (κ2) is 6.39. The minimum atomic E-state index is -1.12. The van der Waals surface area contributed by atoms with Crippen LogP contribution < -0.4 is 0 Å². The highest BCUT2D eigenvalue weighted by molar-refractivity contribution is 9.10. The van der Waals surface area contributed by atoms with Gasteiger partial charge in [-0.1, -0.05) is 22.0 Å². The van der Waals surface area contributed by atoms with Gasteiger partial charge in [0.2, 0.25) is 0 Å². The van der Waals surface area contributed by atoms with Crippen molar-refractivity contribution in [1.29, 1.82) is 0 Å².